The van der Waals surface area contributed by atoms with Crippen LogP contribution in [0.4, 0.5) is 4.79 Å². The van der Waals surface area contributed by atoms with Gasteiger partial charge in [0.25, 0.3) is 0 Å². The van der Waals surface area contributed by atoms with Gasteiger partial charge in [-0.3, -0.25) is 14.4 Å². The van der Waals surface area contributed by atoms with Crippen LogP contribution in [0.15, 0.2) is 24.3 Å². The van der Waals surface area contributed by atoms with Gasteiger partial charge in [0.2, 0.25) is 11.8 Å². The maximum atomic E-state index is 14.2. The smallest absolute Gasteiger partial charge is 0.408 e. The highest BCUT2D eigenvalue weighted by Gasteiger charge is 2.48. The lowest BCUT2D eigenvalue weighted by molar-refractivity contribution is -0.145. The van der Waals surface area contributed by atoms with E-state index in [1.165, 1.54) is 0 Å². The molecule has 0 spiro atoms. The average molecular weight is 532 g/mol. The van der Waals surface area contributed by atoms with E-state index < -0.39 is 29.7 Å². The van der Waals surface area contributed by atoms with E-state index in [-0.39, 0.29) is 49.3 Å². The van der Waals surface area contributed by atoms with Crippen molar-refractivity contribution < 1.29 is 28.7 Å². The maximum absolute atomic E-state index is 14.2. The lowest BCUT2D eigenvalue weighted by atomic mass is 9.96. The van der Waals surface area contributed by atoms with E-state index in [0.29, 0.717) is 12.0 Å². The Bertz CT molecular complexity index is 987. The number of aryl methyl sites for hydroxylation is 1. The molecule has 2 N–H and O–H groups in total. The molecular formula is C29H45N3O6. The summed E-state index contributed by atoms with van der Waals surface area (Å²) in [6.45, 7) is 15.3. The molecule has 1 saturated carbocycles. The molecule has 2 rings (SSSR count). The molecule has 4 unspecified atom stereocenters. The van der Waals surface area contributed by atoms with Crippen LogP contribution in [0.2, 0.25) is 0 Å². The van der Waals surface area contributed by atoms with Crippen molar-refractivity contribution in [2.24, 2.45) is 11.8 Å². The van der Waals surface area contributed by atoms with Crippen molar-refractivity contribution in [3.05, 3.63) is 35.4 Å². The van der Waals surface area contributed by atoms with Crippen molar-refractivity contribution >= 4 is 23.9 Å². The summed E-state index contributed by atoms with van der Waals surface area (Å²) in [5.74, 6) is -0.793. The number of rotatable bonds is 12. The van der Waals surface area contributed by atoms with Gasteiger partial charge in [-0.2, -0.15) is 0 Å². The molecule has 3 amide bonds. The summed E-state index contributed by atoms with van der Waals surface area (Å²) in [5.41, 5.74) is 0.849. The first-order valence-corrected chi connectivity index (χ1v) is 13.6. The van der Waals surface area contributed by atoms with Crippen LogP contribution in [-0.4, -0.2) is 59.6 Å². The number of ether oxygens (including phenoxy) is 2. The summed E-state index contributed by atoms with van der Waals surface area (Å²) in [7, 11) is 0. The lowest BCUT2D eigenvalue weighted by Crippen LogP contribution is -2.54. The van der Waals surface area contributed by atoms with Crippen LogP contribution < -0.4 is 10.6 Å². The molecule has 0 radical (unpaired) electrons. The van der Waals surface area contributed by atoms with E-state index in [2.05, 4.69) is 10.6 Å². The van der Waals surface area contributed by atoms with Gasteiger partial charge in [-0.15, -0.1) is 0 Å². The fourth-order valence-electron chi connectivity index (χ4n) is 4.42. The van der Waals surface area contributed by atoms with Crippen LogP contribution in [0.1, 0.15) is 84.9 Å². The van der Waals surface area contributed by atoms with Crippen LogP contribution in [-0.2, 0) is 23.9 Å². The van der Waals surface area contributed by atoms with Crippen molar-refractivity contribution in [2.45, 2.75) is 98.4 Å². The molecule has 1 fully saturated rings. The van der Waals surface area contributed by atoms with Gasteiger partial charge in [-0.05, 0) is 70.4 Å². The van der Waals surface area contributed by atoms with E-state index in [1.807, 2.05) is 52.0 Å². The van der Waals surface area contributed by atoms with Gasteiger partial charge in [-0.1, -0.05) is 45.0 Å². The molecule has 1 aliphatic carbocycles. The number of alkyl carbamates (subject to hydrolysis) is 1. The topological polar surface area (TPSA) is 114 Å². The molecule has 0 aromatic heterocycles. The zero-order valence-corrected chi connectivity index (χ0v) is 24.1. The van der Waals surface area contributed by atoms with Crippen molar-refractivity contribution in [2.75, 3.05) is 13.2 Å². The first-order chi connectivity index (χ1) is 17.7. The molecule has 0 aliphatic heterocycles. The minimum Gasteiger partial charge on any atom is -0.466 e. The second-order valence-corrected chi connectivity index (χ2v) is 11.5. The molecule has 1 aromatic rings. The number of nitrogens with one attached hydrogen (secondary N) is 2. The number of nitrogens with zero attached hydrogens (tertiary/aromatic N) is 1. The monoisotopic (exact) mass is 531 g/mol. The summed E-state index contributed by atoms with van der Waals surface area (Å²) in [4.78, 5) is 54.1. The van der Waals surface area contributed by atoms with Crippen LogP contribution in [0, 0.1) is 18.8 Å². The van der Waals surface area contributed by atoms with Crippen LogP contribution in [0.3, 0.4) is 0 Å². The van der Waals surface area contributed by atoms with Crippen molar-refractivity contribution in [3.63, 3.8) is 0 Å². The lowest BCUT2D eigenvalue weighted by Gasteiger charge is -2.36. The summed E-state index contributed by atoms with van der Waals surface area (Å²) in [6.07, 6.45) is 0.502. The highest BCUT2D eigenvalue weighted by Crippen LogP contribution is 2.41. The molecule has 9 nitrogen and oxygen atoms in total. The zero-order chi connectivity index (χ0) is 28.6. The van der Waals surface area contributed by atoms with Crippen LogP contribution in [0.5, 0.6) is 0 Å². The second-order valence-electron chi connectivity index (χ2n) is 11.5. The third kappa shape index (κ3) is 9.33. The molecule has 1 aliphatic rings. The Morgan fingerprint density at radius 2 is 1.76 bits per heavy atom. The van der Waals surface area contributed by atoms with E-state index in [4.69, 9.17) is 9.47 Å². The van der Waals surface area contributed by atoms with Gasteiger partial charge < -0.3 is 25.0 Å². The largest absolute Gasteiger partial charge is 0.466 e. The third-order valence-electron chi connectivity index (χ3n) is 6.32. The minimum absolute atomic E-state index is 0.0318. The standard InChI is InChI=1S/C29H45N3O6/c1-9-37-24(33)14-15-30-26(34)25(21-13-11-10-12-19(21)4)32(23-17-20(23)5)27(35)22(16-18(2)3)31-28(36)38-29(6,7)8/h10-13,18,20,22-23,25H,9,14-17H2,1-8H3,(H,30,34)(H,31,36). The van der Waals surface area contributed by atoms with Gasteiger partial charge >= 0.3 is 12.1 Å². The number of esters is 1. The van der Waals surface area contributed by atoms with Gasteiger partial charge in [0.1, 0.15) is 17.7 Å². The number of benzene rings is 1. The highest BCUT2D eigenvalue weighted by molar-refractivity contribution is 5.93. The Hall–Kier alpha value is -3.10. The second kappa shape index (κ2) is 13.6. The summed E-state index contributed by atoms with van der Waals surface area (Å²) in [5, 5.41) is 5.61. The summed E-state index contributed by atoms with van der Waals surface area (Å²) >= 11 is 0. The number of carbonyl (C=O) groups excluding carboxylic acids is 4. The molecule has 9 heteroatoms. The zero-order valence-electron chi connectivity index (χ0n) is 24.1. The molecule has 4 atom stereocenters. The van der Waals surface area contributed by atoms with Crippen LogP contribution >= 0.6 is 0 Å². The first kappa shape index (κ1) is 31.1. The number of amides is 3. The van der Waals surface area contributed by atoms with Gasteiger partial charge in [0, 0.05) is 12.6 Å². The third-order valence-corrected chi connectivity index (χ3v) is 6.32. The van der Waals surface area contributed by atoms with E-state index >= 15 is 0 Å². The van der Waals surface area contributed by atoms with E-state index in [0.717, 1.165) is 12.0 Å². The van der Waals surface area contributed by atoms with E-state index in [9.17, 15) is 19.2 Å². The molecular weight excluding hydrogens is 486 g/mol. The summed E-state index contributed by atoms with van der Waals surface area (Å²) < 4.78 is 10.4. The highest BCUT2D eigenvalue weighted by atomic mass is 16.6. The Morgan fingerprint density at radius 3 is 2.29 bits per heavy atom. The number of hydrogen-bond acceptors (Lipinski definition) is 6. The van der Waals surface area contributed by atoms with Crippen molar-refractivity contribution in [1.29, 1.82) is 0 Å². The van der Waals surface area contributed by atoms with Gasteiger partial charge in [0.05, 0.1) is 13.0 Å². The van der Waals surface area contributed by atoms with Crippen molar-refractivity contribution in [1.82, 2.24) is 15.5 Å². The molecule has 1 aromatic carbocycles. The quantitative estimate of drug-likeness (QED) is 0.389. The number of hydrogen-bond donors (Lipinski definition) is 2. The van der Waals surface area contributed by atoms with Crippen molar-refractivity contribution in [3.8, 4) is 0 Å². The van der Waals surface area contributed by atoms with Crippen LogP contribution in [0.25, 0.3) is 0 Å². The predicted octanol–water partition coefficient (Wildman–Crippen LogP) is 4.28. The van der Waals surface area contributed by atoms with E-state index in [1.54, 1.807) is 32.6 Å². The Kier molecular flexibility index (Phi) is 11.2. The molecule has 212 valence electrons. The molecule has 38 heavy (non-hydrogen) atoms. The Balaban J connectivity index is 2.43. The first-order valence-electron chi connectivity index (χ1n) is 13.6. The predicted molar refractivity (Wildman–Crippen MR) is 145 cm³/mol. The number of carbonyl (C=O) groups is 4. The molecule has 0 bridgehead atoms. The maximum Gasteiger partial charge on any atom is 0.408 e. The summed E-state index contributed by atoms with van der Waals surface area (Å²) in [6, 6.07) is 5.52. The Morgan fingerprint density at radius 1 is 1.13 bits per heavy atom. The SMILES string of the molecule is CCOC(=O)CCNC(=O)C(c1ccccc1C)N(C(=O)C(CC(C)C)NC(=O)OC(C)(C)C)C1CC1C. The molecule has 0 heterocycles. The Labute approximate surface area is 227 Å². The van der Waals surface area contributed by atoms with Gasteiger partial charge in [0.15, 0.2) is 0 Å². The fraction of sp³-hybridized carbons (Fsp3) is 0.655. The average Bonchev–Trinajstić information content (AvgIpc) is 3.51. The minimum atomic E-state index is -0.920. The fourth-order valence-corrected chi connectivity index (χ4v) is 4.42. The van der Waals surface area contributed by atoms with Gasteiger partial charge in [-0.25, -0.2) is 4.79 Å². The molecule has 0 saturated heterocycles. The normalized spacial score (nSPS) is 18.2.